The zero-order valence-corrected chi connectivity index (χ0v) is 13.4. The predicted octanol–water partition coefficient (Wildman–Crippen LogP) is 4.32. The second-order valence-corrected chi connectivity index (χ2v) is 5.48. The fraction of sp³-hybridized carbons (Fsp3) is 0.118. The number of pyridine rings is 1. The molecule has 3 aromatic rings. The molecular formula is C17H14ClN3O2. The van der Waals surface area contributed by atoms with Crippen LogP contribution in [-0.4, -0.2) is 15.9 Å². The molecule has 0 aliphatic heterocycles. The van der Waals surface area contributed by atoms with Gasteiger partial charge < -0.3 is 9.73 Å². The van der Waals surface area contributed by atoms with Gasteiger partial charge in [0.1, 0.15) is 5.82 Å². The highest BCUT2D eigenvalue weighted by molar-refractivity contribution is 6.33. The second-order valence-electron chi connectivity index (χ2n) is 5.08. The molecule has 3 rings (SSSR count). The number of hydrogen-bond acceptors (Lipinski definition) is 4. The minimum Gasteiger partial charge on any atom is -0.436 e. The summed E-state index contributed by atoms with van der Waals surface area (Å²) in [5, 5.41) is 3.25. The van der Waals surface area contributed by atoms with Crippen LogP contribution in [0.5, 0.6) is 0 Å². The molecule has 2 aromatic heterocycles. The van der Waals surface area contributed by atoms with E-state index in [1.165, 1.54) is 6.92 Å². The van der Waals surface area contributed by atoms with Gasteiger partial charge in [-0.3, -0.25) is 4.79 Å². The van der Waals surface area contributed by atoms with Crippen LogP contribution in [0, 0.1) is 6.92 Å². The van der Waals surface area contributed by atoms with Gasteiger partial charge in [0.25, 0.3) is 0 Å². The average Bonchev–Trinajstić information content (AvgIpc) is 2.98. The highest BCUT2D eigenvalue weighted by Crippen LogP contribution is 2.32. The number of carbonyl (C=O) groups excluding carboxylic acids is 1. The number of hydrogen-bond donors (Lipinski definition) is 1. The molecule has 1 N–H and O–H groups in total. The SMILES string of the molecule is CC(=O)Nc1cc(-c2ncc(-c3ccccc3Cl)o2)c(C)cn1. The third-order valence-electron chi connectivity index (χ3n) is 3.28. The van der Waals surface area contributed by atoms with Crippen LogP contribution in [-0.2, 0) is 4.79 Å². The smallest absolute Gasteiger partial charge is 0.227 e. The monoisotopic (exact) mass is 327 g/mol. The van der Waals surface area contributed by atoms with Crippen molar-refractivity contribution >= 4 is 23.3 Å². The van der Waals surface area contributed by atoms with E-state index in [0.717, 1.165) is 16.7 Å². The number of carbonyl (C=O) groups is 1. The summed E-state index contributed by atoms with van der Waals surface area (Å²) >= 11 is 6.18. The van der Waals surface area contributed by atoms with Crippen LogP contribution in [0.2, 0.25) is 5.02 Å². The zero-order chi connectivity index (χ0) is 16.4. The van der Waals surface area contributed by atoms with E-state index in [4.69, 9.17) is 16.0 Å². The Bertz CT molecular complexity index is 874. The summed E-state index contributed by atoms with van der Waals surface area (Å²) in [6, 6.07) is 9.14. The highest BCUT2D eigenvalue weighted by Gasteiger charge is 2.14. The van der Waals surface area contributed by atoms with E-state index < -0.39 is 0 Å². The summed E-state index contributed by atoms with van der Waals surface area (Å²) < 4.78 is 5.84. The summed E-state index contributed by atoms with van der Waals surface area (Å²) in [6.45, 7) is 3.33. The maximum absolute atomic E-state index is 11.2. The first-order valence-electron chi connectivity index (χ1n) is 7.00. The number of aromatic nitrogens is 2. The number of benzene rings is 1. The summed E-state index contributed by atoms with van der Waals surface area (Å²) in [5.74, 6) is 1.31. The van der Waals surface area contributed by atoms with Crippen LogP contribution in [0.3, 0.4) is 0 Å². The maximum Gasteiger partial charge on any atom is 0.227 e. The Kier molecular flexibility index (Phi) is 4.12. The molecule has 0 aliphatic carbocycles. The van der Waals surface area contributed by atoms with E-state index >= 15 is 0 Å². The van der Waals surface area contributed by atoms with E-state index in [1.54, 1.807) is 24.5 Å². The Morgan fingerprint density at radius 3 is 2.70 bits per heavy atom. The molecule has 6 heteroatoms. The Morgan fingerprint density at radius 1 is 1.17 bits per heavy atom. The largest absolute Gasteiger partial charge is 0.436 e. The summed E-state index contributed by atoms with van der Waals surface area (Å²) in [4.78, 5) is 19.6. The number of anilines is 1. The number of oxazole rings is 1. The molecule has 0 fully saturated rings. The van der Waals surface area contributed by atoms with E-state index in [9.17, 15) is 4.79 Å². The number of aryl methyl sites for hydroxylation is 1. The molecule has 116 valence electrons. The van der Waals surface area contributed by atoms with Gasteiger partial charge in [0.2, 0.25) is 11.8 Å². The van der Waals surface area contributed by atoms with E-state index in [0.29, 0.717) is 22.5 Å². The van der Waals surface area contributed by atoms with Crippen LogP contribution in [0.15, 0.2) is 47.1 Å². The van der Waals surface area contributed by atoms with Crippen molar-refractivity contribution in [1.82, 2.24) is 9.97 Å². The molecule has 23 heavy (non-hydrogen) atoms. The quantitative estimate of drug-likeness (QED) is 0.777. The predicted molar refractivity (Wildman–Crippen MR) is 89.2 cm³/mol. The van der Waals surface area contributed by atoms with Crippen molar-refractivity contribution in [3.05, 3.63) is 53.3 Å². The van der Waals surface area contributed by atoms with Crippen LogP contribution in [0.25, 0.3) is 22.8 Å². The lowest BCUT2D eigenvalue weighted by molar-refractivity contribution is -0.114. The fourth-order valence-electron chi connectivity index (χ4n) is 2.19. The topological polar surface area (TPSA) is 68.0 Å². The minimum atomic E-state index is -0.184. The molecule has 1 aromatic carbocycles. The average molecular weight is 328 g/mol. The maximum atomic E-state index is 11.2. The molecule has 0 radical (unpaired) electrons. The highest BCUT2D eigenvalue weighted by atomic mass is 35.5. The van der Waals surface area contributed by atoms with Gasteiger partial charge in [0.05, 0.1) is 11.2 Å². The van der Waals surface area contributed by atoms with Crippen molar-refractivity contribution in [2.24, 2.45) is 0 Å². The number of amides is 1. The number of rotatable bonds is 3. The van der Waals surface area contributed by atoms with Crippen molar-refractivity contribution in [2.75, 3.05) is 5.32 Å². The van der Waals surface area contributed by atoms with Gasteiger partial charge in [-0.1, -0.05) is 23.7 Å². The van der Waals surface area contributed by atoms with Crippen LogP contribution >= 0.6 is 11.6 Å². The van der Waals surface area contributed by atoms with E-state index in [-0.39, 0.29) is 5.91 Å². The second kappa shape index (κ2) is 6.22. The van der Waals surface area contributed by atoms with Crippen molar-refractivity contribution in [2.45, 2.75) is 13.8 Å². The standard InChI is InChI=1S/C17H14ClN3O2/c1-10-8-19-16(21-11(2)22)7-13(10)17-20-9-15(23-17)12-5-3-4-6-14(12)18/h3-9H,1-2H3,(H,19,21,22). The van der Waals surface area contributed by atoms with Crippen molar-refractivity contribution in [1.29, 1.82) is 0 Å². The summed E-state index contributed by atoms with van der Waals surface area (Å²) in [5.41, 5.74) is 2.44. The van der Waals surface area contributed by atoms with Gasteiger partial charge in [-0.25, -0.2) is 9.97 Å². The summed E-state index contributed by atoms with van der Waals surface area (Å²) in [7, 11) is 0. The van der Waals surface area contributed by atoms with Crippen molar-refractivity contribution < 1.29 is 9.21 Å². The molecule has 5 nitrogen and oxygen atoms in total. The van der Waals surface area contributed by atoms with Crippen LogP contribution in [0.1, 0.15) is 12.5 Å². The normalized spacial score (nSPS) is 10.6. The van der Waals surface area contributed by atoms with Gasteiger partial charge in [0.15, 0.2) is 5.76 Å². The third kappa shape index (κ3) is 3.24. The van der Waals surface area contributed by atoms with Gasteiger partial charge >= 0.3 is 0 Å². The fourth-order valence-corrected chi connectivity index (χ4v) is 2.42. The van der Waals surface area contributed by atoms with E-state index in [2.05, 4.69) is 15.3 Å². The first-order chi connectivity index (χ1) is 11.0. The Labute approximate surface area is 138 Å². The van der Waals surface area contributed by atoms with Crippen molar-refractivity contribution in [3.8, 4) is 22.8 Å². The van der Waals surface area contributed by atoms with E-state index in [1.807, 2.05) is 25.1 Å². The molecule has 0 unspecified atom stereocenters. The molecule has 1 amide bonds. The Balaban J connectivity index is 2.00. The third-order valence-corrected chi connectivity index (χ3v) is 3.61. The summed E-state index contributed by atoms with van der Waals surface area (Å²) in [6.07, 6.45) is 3.30. The molecule has 2 heterocycles. The lowest BCUT2D eigenvalue weighted by Gasteiger charge is -2.05. The Hall–Kier alpha value is -2.66. The molecule has 0 spiro atoms. The van der Waals surface area contributed by atoms with Gasteiger partial charge in [0, 0.05) is 24.2 Å². The Morgan fingerprint density at radius 2 is 1.96 bits per heavy atom. The number of nitrogens with one attached hydrogen (secondary N) is 1. The molecular weight excluding hydrogens is 314 g/mol. The number of halogens is 1. The molecule has 0 saturated carbocycles. The van der Waals surface area contributed by atoms with Gasteiger partial charge in [-0.05, 0) is 30.7 Å². The van der Waals surface area contributed by atoms with Gasteiger partial charge in [-0.15, -0.1) is 0 Å². The number of nitrogens with zero attached hydrogens (tertiary/aromatic N) is 2. The van der Waals surface area contributed by atoms with Crippen molar-refractivity contribution in [3.63, 3.8) is 0 Å². The van der Waals surface area contributed by atoms with Crippen LogP contribution < -0.4 is 5.32 Å². The zero-order valence-electron chi connectivity index (χ0n) is 12.6. The lowest BCUT2D eigenvalue weighted by Crippen LogP contribution is -2.07. The van der Waals surface area contributed by atoms with Gasteiger partial charge in [-0.2, -0.15) is 0 Å². The molecule has 0 bridgehead atoms. The van der Waals surface area contributed by atoms with Crippen LogP contribution in [0.4, 0.5) is 5.82 Å². The first-order valence-corrected chi connectivity index (χ1v) is 7.37. The minimum absolute atomic E-state index is 0.184. The lowest BCUT2D eigenvalue weighted by atomic mass is 10.1. The molecule has 0 atom stereocenters. The molecule has 0 aliphatic rings. The first kappa shape index (κ1) is 15.2. The molecule has 0 saturated heterocycles.